The van der Waals surface area contributed by atoms with Gasteiger partial charge in [0.05, 0.1) is 5.75 Å². The highest BCUT2D eigenvalue weighted by atomic mass is 32.2. The first kappa shape index (κ1) is 6.98. The van der Waals surface area contributed by atoms with E-state index in [-0.39, 0.29) is 5.75 Å². The van der Waals surface area contributed by atoms with Crippen molar-refractivity contribution in [2.75, 3.05) is 12.4 Å². The smallest absolute Gasteiger partial charge is 0.269 e. The minimum atomic E-state index is -3.28. The minimum absolute atomic E-state index is 0.00681. The second kappa shape index (κ2) is 2.24. The highest BCUT2D eigenvalue weighted by molar-refractivity contribution is 7.86. The third-order valence-corrected chi connectivity index (χ3v) is 2.13. The van der Waals surface area contributed by atoms with Crippen molar-refractivity contribution in [2.24, 2.45) is 0 Å². The van der Waals surface area contributed by atoms with Gasteiger partial charge < -0.3 is 4.74 Å². The van der Waals surface area contributed by atoms with E-state index in [0.717, 1.165) is 0 Å². The Bertz CT molecular complexity index is 179. The molecule has 1 aliphatic heterocycles. The fourth-order valence-corrected chi connectivity index (χ4v) is 0.901. The fourth-order valence-electron chi connectivity index (χ4n) is 0.326. The minimum Gasteiger partial charge on any atom is -0.344 e. The number of hydrogen-bond donors (Lipinski definition) is 0. The summed E-state index contributed by atoms with van der Waals surface area (Å²) >= 11 is 0. The van der Waals surface area contributed by atoms with Gasteiger partial charge in [-0.3, -0.25) is 0 Å². The largest absolute Gasteiger partial charge is 0.344 e. The molecule has 1 unspecified atom stereocenters. The van der Waals surface area contributed by atoms with Gasteiger partial charge in [0.1, 0.15) is 6.61 Å². The van der Waals surface area contributed by atoms with Gasteiger partial charge in [-0.25, -0.2) is 4.18 Å². The molecule has 0 aliphatic carbocycles. The molecular weight excluding hydrogens is 144 g/mol. The Morgan fingerprint density at radius 2 is 2.33 bits per heavy atom. The molecule has 5 heteroatoms. The molecule has 0 saturated carbocycles. The molecule has 1 saturated heterocycles. The third kappa shape index (κ3) is 2.30. The molecule has 9 heavy (non-hydrogen) atoms. The lowest BCUT2D eigenvalue weighted by atomic mass is 10.9. The zero-order valence-corrected chi connectivity index (χ0v) is 5.85. The number of ether oxygens (including phenoxy) is 1. The molecule has 1 rings (SSSR count). The van der Waals surface area contributed by atoms with Crippen molar-refractivity contribution in [3.8, 4) is 0 Å². The Kier molecular flexibility index (Phi) is 1.74. The van der Waals surface area contributed by atoms with Crippen LogP contribution in [0.3, 0.4) is 0 Å². The van der Waals surface area contributed by atoms with Crippen LogP contribution in [0.5, 0.6) is 0 Å². The Morgan fingerprint density at radius 3 is 2.67 bits per heavy atom. The SMILES string of the molecule is CCS(=O)(=O)OC1CO1. The molecule has 54 valence electrons. The monoisotopic (exact) mass is 152 g/mol. The van der Waals surface area contributed by atoms with E-state index < -0.39 is 16.4 Å². The van der Waals surface area contributed by atoms with Gasteiger partial charge in [0, 0.05) is 0 Å². The zero-order valence-electron chi connectivity index (χ0n) is 5.03. The summed E-state index contributed by atoms with van der Waals surface area (Å²) in [7, 11) is -3.28. The second-order valence-corrected chi connectivity index (χ2v) is 3.59. The van der Waals surface area contributed by atoms with E-state index in [1.165, 1.54) is 6.92 Å². The second-order valence-electron chi connectivity index (χ2n) is 1.71. The van der Waals surface area contributed by atoms with Crippen molar-refractivity contribution < 1.29 is 17.3 Å². The molecule has 0 N–H and O–H groups in total. The Labute approximate surface area is 53.9 Å². The molecule has 1 heterocycles. The lowest BCUT2D eigenvalue weighted by Crippen LogP contribution is -2.09. The summed E-state index contributed by atoms with van der Waals surface area (Å²) in [6.07, 6.45) is -0.491. The van der Waals surface area contributed by atoms with Crippen LogP contribution >= 0.6 is 0 Å². The van der Waals surface area contributed by atoms with Gasteiger partial charge in [-0.05, 0) is 6.92 Å². The van der Waals surface area contributed by atoms with Gasteiger partial charge >= 0.3 is 0 Å². The predicted molar refractivity (Wildman–Crippen MR) is 30.3 cm³/mol. The molecule has 0 radical (unpaired) electrons. The molecule has 1 atom stereocenters. The molecular formula is C4H8O4S. The highest BCUT2D eigenvalue weighted by Crippen LogP contribution is 2.13. The van der Waals surface area contributed by atoms with Gasteiger partial charge in [0.2, 0.25) is 0 Å². The van der Waals surface area contributed by atoms with Crippen molar-refractivity contribution in [3.05, 3.63) is 0 Å². The molecule has 4 nitrogen and oxygen atoms in total. The van der Waals surface area contributed by atoms with Gasteiger partial charge in [-0.1, -0.05) is 0 Å². The molecule has 1 aliphatic rings. The molecule has 0 amide bonds. The van der Waals surface area contributed by atoms with E-state index in [1.54, 1.807) is 0 Å². The number of epoxide rings is 1. The van der Waals surface area contributed by atoms with Crippen LogP contribution in [0.25, 0.3) is 0 Å². The molecule has 0 bridgehead atoms. The van der Waals surface area contributed by atoms with Crippen molar-refractivity contribution in [3.63, 3.8) is 0 Å². The van der Waals surface area contributed by atoms with Crippen molar-refractivity contribution >= 4 is 10.1 Å². The Morgan fingerprint density at radius 1 is 1.78 bits per heavy atom. The summed E-state index contributed by atoms with van der Waals surface area (Å²) in [6.45, 7) is 1.93. The lowest BCUT2D eigenvalue weighted by molar-refractivity contribution is 0.186. The van der Waals surface area contributed by atoms with Crippen LogP contribution in [0.1, 0.15) is 6.92 Å². The van der Waals surface area contributed by atoms with Crippen LogP contribution in [-0.4, -0.2) is 27.1 Å². The van der Waals surface area contributed by atoms with Gasteiger partial charge in [-0.2, -0.15) is 8.42 Å². The van der Waals surface area contributed by atoms with E-state index in [9.17, 15) is 8.42 Å². The summed E-state index contributed by atoms with van der Waals surface area (Å²) in [5, 5.41) is 0. The zero-order chi connectivity index (χ0) is 6.91. The first-order valence-corrected chi connectivity index (χ1v) is 4.24. The molecule has 1 fully saturated rings. The van der Waals surface area contributed by atoms with Crippen molar-refractivity contribution in [2.45, 2.75) is 13.2 Å². The quantitative estimate of drug-likeness (QED) is 0.412. The maximum Gasteiger partial charge on any atom is 0.269 e. The predicted octanol–water partition coefficient (Wildman–Crippen LogP) is -0.291. The summed E-state index contributed by atoms with van der Waals surface area (Å²) < 4.78 is 30.1. The van der Waals surface area contributed by atoms with Crippen LogP contribution in [0.4, 0.5) is 0 Å². The molecule has 0 spiro atoms. The first-order chi connectivity index (χ1) is 4.14. The maximum atomic E-state index is 10.5. The molecule has 0 aromatic rings. The van der Waals surface area contributed by atoms with Gasteiger partial charge in [0.15, 0.2) is 6.29 Å². The van der Waals surface area contributed by atoms with Gasteiger partial charge in [0.25, 0.3) is 10.1 Å². The first-order valence-electron chi connectivity index (χ1n) is 2.66. The van der Waals surface area contributed by atoms with E-state index in [2.05, 4.69) is 8.92 Å². The number of rotatable bonds is 3. The average Bonchev–Trinajstić information content (AvgIpc) is 2.50. The van der Waals surface area contributed by atoms with Crippen LogP contribution in [-0.2, 0) is 19.0 Å². The lowest BCUT2D eigenvalue weighted by Gasteiger charge is -1.95. The van der Waals surface area contributed by atoms with Crippen LogP contribution in [0.15, 0.2) is 0 Å². The third-order valence-electron chi connectivity index (χ3n) is 0.910. The van der Waals surface area contributed by atoms with Gasteiger partial charge in [-0.15, -0.1) is 0 Å². The Balaban J connectivity index is 2.40. The van der Waals surface area contributed by atoms with Crippen LogP contribution in [0, 0.1) is 0 Å². The highest BCUT2D eigenvalue weighted by Gasteiger charge is 2.28. The van der Waals surface area contributed by atoms with Crippen molar-refractivity contribution in [1.82, 2.24) is 0 Å². The molecule has 0 aromatic heterocycles. The average molecular weight is 152 g/mol. The summed E-state index contributed by atoms with van der Waals surface area (Å²) in [5.41, 5.74) is 0. The Hall–Kier alpha value is -0.130. The topological polar surface area (TPSA) is 55.9 Å². The maximum absolute atomic E-state index is 10.5. The van der Waals surface area contributed by atoms with Crippen LogP contribution in [0.2, 0.25) is 0 Å². The van der Waals surface area contributed by atoms with E-state index in [4.69, 9.17) is 0 Å². The summed E-state index contributed by atoms with van der Waals surface area (Å²) in [6, 6.07) is 0. The van der Waals surface area contributed by atoms with E-state index in [0.29, 0.717) is 6.61 Å². The van der Waals surface area contributed by atoms with Crippen LogP contribution < -0.4 is 0 Å². The fraction of sp³-hybridized carbons (Fsp3) is 1.00. The van der Waals surface area contributed by atoms with E-state index in [1.807, 2.05) is 0 Å². The normalized spacial score (nSPS) is 26.1. The standard InChI is InChI=1S/C4H8O4S/c1-2-9(5,6)8-4-3-7-4/h4H,2-3H2,1H3. The van der Waals surface area contributed by atoms with E-state index >= 15 is 0 Å². The summed E-state index contributed by atoms with van der Waals surface area (Å²) in [4.78, 5) is 0. The number of hydrogen-bond acceptors (Lipinski definition) is 4. The van der Waals surface area contributed by atoms with Crippen molar-refractivity contribution in [1.29, 1.82) is 0 Å². The molecule has 0 aromatic carbocycles. The summed E-state index contributed by atoms with van der Waals surface area (Å²) in [5.74, 6) is 0.00681.